The number of hydrogen-bond acceptors (Lipinski definition) is 5. The van der Waals surface area contributed by atoms with Crippen molar-refractivity contribution in [2.45, 2.75) is 6.54 Å². The number of benzene rings is 1. The van der Waals surface area contributed by atoms with Crippen LogP contribution >= 0.6 is 0 Å². The molecule has 0 aliphatic carbocycles. The van der Waals surface area contributed by atoms with Crippen LogP contribution in [-0.4, -0.2) is 35.9 Å². The first-order valence-corrected chi connectivity index (χ1v) is 6.93. The highest BCUT2D eigenvalue weighted by Gasteiger charge is 2.11. The van der Waals surface area contributed by atoms with Crippen molar-refractivity contribution in [2.24, 2.45) is 0 Å². The van der Waals surface area contributed by atoms with E-state index < -0.39 is 0 Å². The molecule has 0 amide bonds. The molecule has 3 rings (SSSR count). The zero-order valence-electron chi connectivity index (χ0n) is 12.9. The van der Waals surface area contributed by atoms with Gasteiger partial charge in [-0.05, 0) is 23.8 Å². The predicted octanol–water partition coefficient (Wildman–Crippen LogP) is 2.38. The molecule has 0 saturated carbocycles. The summed E-state index contributed by atoms with van der Waals surface area (Å²) in [6.45, 7) is 0.707. The molecule has 0 N–H and O–H groups in total. The van der Waals surface area contributed by atoms with Gasteiger partial charge in [-0.3, -0.25) is 0 Å². The molecule has 3 aromatic rings. The van der Waals surface area contributed by atoms with Gasteiger partial charge in [-0.15, -0.1) is 0 Å². The minimum Gasteiger partial charge on any atom is -0.493 e. The van der Waals surface area contributed by atoms with Gasteiger partial charge in [0.2, 0.25) is 0 Å². The molecule has 2 heterocycles. The van der Waals surface area contributed by atoms with Crippen LogP contribution in [-0.2, 0) is 6.54 Å². The standard InChI is InChI=1S/C16H18N4O2/c1-19(16-13-6-7-18-20(13)9-8-17-16)11-12-4-5-14(21-2)15(10-12)22-3/h4-10H,11H2,1-3H3. The summed E-state index contributed by atoms with van der Waals surface area (Å²) >= 11 is 0. The van der Waals surface area contributed by atoms with E-state index in [-0.39, 0.29) is 0 Å². The van der Waals surface area contributed by atoms with Crippen molar-refractivity contribution in [1.29, 1.82) is 0 Å². The summed E-state index contributed by atoms with van der Waals surface area (Å²) < 4.78 is 12.4. The normalized spacial score (nSPS) is 10.7. The first kappa shape index (κ1) is 14.2. The van der Waals surface area contributed by atoms with Gasteiger partial charge in [-0.1, -0.05) is 6.07 Å². The van der Waals surface area contributed by atoms with Crippen molar-refractivity contribution in [1.82, 2.24) is 14.6 Å². The molecule has 1 aromatic carbocycles. The van der Waals surface area contributed by atoms with Crippen LogP contribution in [0.25, 0.3) is 5.52 Å². The Balaban J connectivity index is 1.88. The second-order valence-corrected chi connectivity index (χ2v) is 4.96. The number of rotatable bonds is 5. The fourth-order valence-corrected chi connectivity index (χ4v) is 2.47. The molecule has 0 unspecified atom stereocenters. The Morgan fingerprint density at radius 2 is 1.91 bits per heavy atom. The molecule has 0 spiro atoms. The number of ether oxygens (including phenoxy) is 2. The lowest BCUT2D eigenvalue weighted by Gasteiger charge is -2.19. The van der Waals surface area contributed by atoms with Crippen molar-refractivity contribution < 1.29 is 9.47 Å². The van der Waals surface area contributed by atoms with Crippen LogP contribution in [0.15, 0.2) is 42.9 Å². The second-order valence-electron chi connectivity index (χ2n) is 4.96. The molecular formula is C16H18N4O2. The van der Waals surface area contributed by atoms with Gasteiger partial charge in [0.05, 0.1) is 20.4 Å². The van der Waals surface area contributed by atoms with Gasteiger partial charge in [0.25, 0.3) is 0 Å². The van der Waals surface area contributed by atoms with Crippen molar-refractivity contribution in [2.75, 3.05) is 26.2 Å². The molecule has 0 aliphatic heterocycles. The molecule has 0 radical (unpaired) electrons. The summed E-state index contributed by atoms with van der Waals surface area (Å²) in [5, 5.41) is 4.23. The summed E-state index contributed by atoms with van der Waals surface area (Å²) in [6.07, 6.45) is 5.36. The first-order valence-electron chi connectivity index (χ1n) is 6.93. The molecule has 2 aromatic heterocycles. The third-order valence-electron chi connectivity index (χ3n) is 3.53. The van der Waals surface area contributed by atoms with Crippen LogP contribution in [0.5, 0.6) is 11.5 Å². The fourth-order valence-electron chi connectivity index (χ4n) is 2.47. The summed E-state index contributed by atoms with van der Waals surface area (Å²) in [6, 6.07) is 7.86. The minimum atomic E-state index is 0.707. The zero-order valence-corrected chi connectivity index (χ0v) is 12.9. The fraction of sp³-hybridized carbons (Fsp3) is 0.250. The average molecular weight is 298 g/mol. The first-order chi connectivity index (χ1) is 10.7. The lowest BCUT2D eigenvalue weighted by molar-refractivity contribution is 0.354. The van der Waals surface area contributed by atoms with Crippen molar-refractivity contribution >= 4 is 11.3 Å². The maximum Gasteiger partial charge on any atom is 0.161 e. The smallest absolute Gasteiger partial charge is 0.161 e. The molecule has 0 aliphatic rings. The van der Waals surface area contributed by atoms with Gasteiger partial charge in [0, 0.05) is 26.0 Å². The topological polar surface area (TPSA) is 51.9 Å². The molecule has 6 nitrogen and oxygen atoms in total. The van der Waals surface area contributed by atoms with Crippen LogP contribution in [0.4, 0.5) is 5.82 Å². The third-order valence-corrected chi connectivity index (χ3v) is 3.53. The maximum absolute atomic E-state index is 5.35. The number of hydrogen-bond donors (Lipinski definition) is 0. The lowest BCUT2D eigenvalue weighted by atomic mass is 10.2. The van der Waals surface area contributed by atoms with Crippen LogP contribution < -0.4 is 14.4 Å². The summed E-state index contributed by atoms with van der Waals surface area (Å²) in [4.78, 5) is 6.54. The minimum absolute atomic E-state index is 0.707. The molecule has 0 saturated heterocycles. The van der Waals surface area contributed by atoms with Crippen LogP contribution in [0.1, 0.15) is 5.56 Å². The van der Waals surface area contributed by atoms with E-state index >= 15 is 0 Å². The molecular weight excluding hydrogens is 280 g/mol. The highest BCUT2D eigenvalue weighted by Crippen LogP contribution is 2.28. The molecule has 0 bridgehead atoms. The SMILES string of the molecule is COc1ccc(CN(C)c2nccn3nccc23)cc1OC. The number of aromatic nitrogens is 3. The van der Waals surface area contributed by atoms with Crippen LogP contribution in [0, 0.1) is 0 Å². The van der Waals surface area contributed by atoms with Crippen molar-refractivity contribution in [3.63, 3.8) is 0 Å². The van der Waals surface area contributed by atoms with Gasteiger partial charge in [-0.2, -0.15) is 5.10 Å². The van der Waals surface area contributed by atoms with E-state index in [1.54, 1.807) is 26.6 Å². The quantitative estimate of drug-likeness (QED) is 0.724. The van der Waals surface area contributed by atoms with Gasteiger partial charge < -0.3 is 14.4 Å². The third kappa shape index (κ3) is 2.55. The van der Waals surface area contributed by atoms with Gasteiger partial charge >= 0.3 is 0 Å². The Kier molecular flexibility index (Phi) is 3.82. The van der Waals surface area contributed by atoms with E-state index in [0.29, 0.717) is 6.54 Å². The maximum atomic E-state index is 5.35. The van der Waals surface area contributed by atoms with E-state index in [4.69, 9.17) is 9.47 Å². The van der Waals surface area contributed by atoms with E-state index in [1.807, 2.05) is 42.0 Å². The summed E-state index contributed by atoms with van der Waals surface area (Å²) in [5.41, 5.74) is 2.09. The van der Waals surface area contributed by atoms with E-state index in [9.17, 15) is 0 Å². The van der Waals surface area contributed by atoms with E-state index in [1.165, 1.54) is 0 Å². The van der Waals surface area contributed by atoms with Crippen LogP contribution in [0.3, 0.4) is 0 Å². The highest BCUT2D eigenvalue weighted by atomic mass is 16.5. The van der Waals surface area contributed by atoms with Crippen molar-refractivity contribution in [3.8, 4) is 11.5 Å². The Hall–Kier alpha value is -2.76. The molecule has 0 atom stereocenters. The van der Waals surface area contributed by atoms with Gasteiger partial charge in [-0.25, -0.2) is 9.50 Å². The Labute approximate surface area is 128 Å². The largest absolute Gasteiger partial charge is 0.493 e. The Morgan fingerprint density at radius 1 is 1.09 bits per heavy atom. The number of nitrogens with zero attached hydrogens (tertiary/aromatic N) is 4. The monoisotopic (exact) mass is 298 g/mol. The second kappa shape index (κ2) is 5.93. The zero-order chi connectivity index (χ0) is 15.5. The Bertz CT molecular complexity index is 785. The van der Waals surface area contributed by atoms with Crippen LogP contribution in [0.2, 0.25) is 0 Å². The van der Waals surface area contributed by atoms with E-state index in [2.05, 4.69) is 15.0 Å². The molecule has 0 fully saturated rings. The average Bonchev–Trinajstić information content (AvgIpc) is 3.03. The number of methoxy groups -OCH3 is 2. The van der Waals surface area contributed by atoms with Gasteiger partial charge in [0.1, 0.15) is 5.52 Å². The lowest BCUT2D eigenvalue weighted by Crippen LogP contribution is -2.18. The molecule has 22 heavy (non-hydrogen) atoms. The molecule has 6 heteroatoms. The predicted molar refractivity (Wildman–Crippen MR) is 84.6 cm³/mol. The molecule has 114 valence electrons. The summed E-state index contributed by atoms with van der Waals surface area (Å²) in [5.74, 6) is 2.34. The van der Waals surface area contributed by atoms with E-state index in [0.717, 1.165) is 28.4 Å². The van der Waals surface area contributed by atoms with Gasteiger partial charge in [0.15, 0.2) is 17.3 Å². The Morgan fingerprint density at radius 3 is 2.68 bits per heavy atom. The highest BCUT2D eigenvalue weighted by molar-refractivity contribution is 5.68. The number of fused-ring (bicyclic) bond motifs is 1. The number of anilines is 1. The summed E-state index contributed by atoms with van der Waals surface area (Å²) in [7, 11) is 5.28. The van der Waals surface area contributed by atoms with Crippen molar-refractivity contribution in [3.05, 3.63) is 48.4 Å².